The number of ketones is 1. The standard InChI is InChI=1S/C28H39ClO6/c1-15(2)12-24(32)35-23(13-28(7)17(4)9-11-22(31)19(28)6)16(3)8-10-20-26(33)21(14-30)18(5)25(29)27(20)34/h8,14-15,17,19,23,33-34H,9-13H2,1-7H3. The average Bonchev–Trinajstić information content (AvgIpc) is 2.78. The van der Waals surface area contributed by atoms with E-state index in [9.17, 15) is 24.6 Å². The third kappa shape index (κ3) is 6.27. The number of hydrogen-bond donors (Lipinski definition) is 2. The van der Waals surface area contributed by atoms with Gasteiger partial charge in [-0.2, -0.15) is 0 Å². The van der Waals surface area contributed by atoms with E-state index in [-0.39, 0.29) is 75.4 Å². The first-order valence-corrected chi connectivity index (χ1v) is 12.7. The van der Waals surface area contributed by atoms with Crippen molar-refractivity contribution in [2.75, 3.05) is 0 Å². The second kappa shape index (κ2) is 11.6. The Hall–Kier alpha value is -2.34. The lowest BCUT2D eigenvalue weighted by atomic mass is 9.59. The van der Waals surface area contributed by atoms with Crippen LogP contribution in [0.2, 0.25) is 5.02 Å². The number of esters is 1. The molecule has 0 aromatic heterocycles. The minimum absolute atomic E-state index is 0.0155. The summed E-state index contributed by atoms with van der Waals surface area (Å²) in [5.41, 5.74) is 0.859. The van der Waals surface area contributed by atoms with E-state index < -0.39 is 6.10 Å². The van der Waals surface area contributed by atoms with Gasteiger partial charge in [0.05, 0.1) is 10.6 Å². The van der Waals surface area contributed by atoms with Gasteiger partial charge in [0.15, 0.2) is 6.29 Å². The van der Waals surface area contributed by atoms with Gasteiger partial charge in [0, 0.05) is 24.3 Å². The lowest BCUT2D eigenvalue weighted by Crippen LogP contribution is -2.44. The van der Waals surface area contributed by atoms with Crippen molar-refractivity contribution in [2.45, 2.75) is 86.7 Å². The molecule has 0 saturated heterocycles. The zero-order valence-electron chi connectivity index (χ0n) is 21.9. The Labute approximate surface area is 213 Å². The molecule has 1 aromatic carbocycles. The largest absolute Gasteiger partial charge is 0.507 e. The fourth-order valence-electron chi connectivity index (χ4n) is 4.93. The first-order valence-electron chi connectivity index (χ1n) is 12.3. The number of halogens is 1. The monoisotopic (exact) mass is 506 g/mol. The average molecular weight is 507 g/mol. The summed E-state index contributed by atoms with van der Waals surface area (Å²) < 4.78 is 5.93. The number of phenolic OH excluding ortho intramolecular Hbond substituents is 2. The molecule has 4 unspecified atom stereocenters. The number of Topliss-reactive ketones (excluding diaryl/α,β-unsaturated/α-hetero) is 1. The van der Waals surface area contributed by atoms with Crippen LogP contribution in [0.3, 0.4) is 0 Å². The normalized spacial score (nSPS) is 23.9. The SMILES string of the molecule is CC(=CCc1c(O)c(Cl)c(C)c(C=O)c1O)C(CC1(C)C(C)CCC(=O)C1C)OC(=O)CC(C)C. The van der Waals surface area contributed by atoms with Crippen LogP contribution in [0.15, 0.2) is 11.6 Å². The number of ether oxygens (including phenoxy) is 1. The first kappa shape index (κ1) is 28.9. The Balaban J connectivity index is 2.43. The third-order valence-corrected chi connectivity index (χ3v) is 8.38. The van der Waals surface area contributed by atoms with Crippen LogP contribution >= 0.6 is 11.6 Å². The third-order valence-electron chi connectivity index (χ3n) is 7.92. The summed E-state index contributed by atoms with van der Waals surface area (Å²) in [4.78, 5) is 36.7. The van der Waals surface area contributed by atoms with E-state index in [1.165, 1.54) is 0 Å². The maximum atomic E-state index is 12.6. The Bertz CT molecular complexity index is 1010. The molecule has 0 aliphatic heterocycles. The van der Waals surface area contributed by atoms with Crippen molar-refractivity contribution in [2.24, 2.45) is 23.2 Å². The van der Waals surface area contributed by atoms with E-state index in [4.69, 9.17) is 16.3 Å². The number of hydrogen-bond acceptors (Lipinski definition) is 6. The number of rotatable bonds is 9. The van der Waals surface area contributed by atoms with Crippen LogP contribution in [-0.2, 0) is 20.7 Å². The number of aromatic hydroxyl groups is 2. The molecule has 0 spiro atoms. The molecular formula is C28H39ClO6. The molecule has 7 heteroatoms. The van der Waals surface area contributed by atoms with Crippen molar-refractivity contribution in [3.05, 3.63) is 33.4 Å². The van der Waals surface area contributed by atoms with E-state index in [0.717, 1.165) is 12.0 Å². The lowest BCUT2D eigenvalue weighted by molar-refractivity contribution is -0.151. The highest BCUT2D eigenvalue weighted by atomic mass is 35.5. The summed E-state index contributed by atoms with van der Waals surface area (Å²) in [5, 5.41) is 21.1. The quantitative estimate of drug-likeness (QED) is 0.230. The second-order valence-electron chi connectivity index (χ2n) is 10.7. The molecule has 0 heterocycles. The maximum absolute atomic E-state index is 12.6. The van der Waals surface area contributed by atoms with E-state index in [2.05, 4.69) is 13.8 Å². The fourth-order valence-corrected chi connectivity index (χ4v) is 5.14. The highest BCUT2D eigenvalue weighted by Gasteiger charge is 2.45. The van der Waals surface area contributed by atoms with Crippen molar-refractivity contribution in [3.8, 4) is 11.5 Å². The van der Waals surface area contributed by atoms with Crippen LogP contribution in [0.25, 0.3) is 0 Å². The van der Waals surface area contributed by atoms with Crippen molar-refractivity contribution in [1.29, 1.82) is 0 Å². The molecular weight excluding hydrogens is 468 g/mol. The van der Waals surface area contributed by atoms with Gasteiger partial charge in [-0.1, -0.05) is 52.3 Å². The number of carbonyl (C=O) groups is 3. The predicted molar refractivity (Wildman–Crippen MR) is 137 cm³/mol. The van der Waals surface area contributed by atoms with Gasteiger partial charge in [-0.3, -0.25) is 14.4 Å². The molecule has 0 bridgehead atoms. The molecule has 194 valence electrons. The molecule has 2 N–H and O–H groups in total. The number of phenols is 2. The van der Waals surface area contributed by atoms with Crippen LogP contribution in [-0.4, -0.2) is 34.4 Å². The van der Waals surface area contributed by atoms with E-state index in [1.807, 2.05) is 27.7 Å². The van der Waals surface area contributed by atoms with E-state index in [0.29, 0.717) is 24.7 Å². The van der Waals surface area contributed by atoms with Gasteiger partial charge in [0.1, 0.15) is 23.4 Å². The molecule has 4 atom stereocenters. The molecule has 35 heavy (non-hydrogen) atoms. The zero-order valence-corrected chi connectivity index (χ0v) is 22.7. The molecule has 1 saturated carbocycles. The number of aldehydes is 1. The number of carbonyl (C=O) groups excluding carboxylic acids is 3. The molecule has 1 aliphatic carbocycles. The van der Waals surface area contributed by atoms with Crippen LogP contribution in [0.5, 0.6) is 11.5 Å². The van der Waals surface area contributed by atoms with Crippen molar-refractivity contribution in [3.63, 3.8) is 0 Å². The van der Waals surface area contributed by atoms with Crippen LogP contribution in [0.4, 0.5) is 0 Å². The maximum Gasteiger partial charge on any atom is 0.306 e. The summed E-state index contributed by atoms with van der Waals surface area (Å²) in [5.74, 6) is -0.429. The number of benzene rings is 1. The Morgan fingerprint density at radius 2 is 1.89 bits per heavy atom. The van der Waals surface area contributed by atoms with Gasteiger partial charge in [-0.05, 0) is 61.5 Å². The first-order chi connectivity index (χ1) is 16.2. The lowest BCUT2D eigenvalue weighted by Gasteiger charge is -2.45. The molecule has 0 radical (unpaired) electrons. The minimum atomic E-state index is -0.571. The van der Waals surface area contributed by atoms with Gasteiger partial charge in [-0.15, -0.1) is 0 Å². The molecule has 1 fully saturated rings. The van der Waals surface area contributed by atoms with Gasteiger partial charge >= 0.3 is 5.97 Å². The van der Waals surface area contributed by atoms with Gasteiger partial charge in [-0.25, -0.2) is 0 Å². The van der Waals surface area contributed by atoms with E-state index in [1.54, 1.807) is 13.0 Å². The smallest absolute Gasteiger partial charge is 0.306 e. The second-order valence-corrected chi connectivity index (χ2v) is 11.1. The fraction of sp³-hybridized carbons (Fsp3) is 0.607. The zero-order chi connectivity index (χ0) is 26.7. The van der Waals surface area contributed by atoms with Crippen LogP contribution in [0.1, 0.15) is 88.7 Å². The molecule has 6 nitrogen and oxygen atoms in total. The highest BCUT2D eigenvalue weighted by molar-refractivity contribution is 6.33. The summed E-state index contributed by atoms with van der Waals surface area (Å²) in [7, 11) is 0. The summed E-state index contributed by atoms with van der Waals surface area (Å²) in [6, 6.07) is 0. The minimum Gasteiger partial charge on any atom is -0.507 e. The number of allylic oxidation sites excluding steroid dienone is 1. The van der Waals surface area contributed by atoms with Crippen molar-refractivity contribution < 1.29 is 29.3 Å². The summed E-state index contributed by atoms with van der Waals surface area (Å²) in [6.45, 7) is 13.5. The Morgan fingerprint density at radius 3 is 2.46 bits per heavy atom. The summed E-state index contributed by atoms with van der Waals surface area (Å²) >= 11 is 6.18. The van der Waals surface area contributed by atoms with Gasteiger partial charge in [0.2, 0.25) is 0 Å². The molecule has 2 rings (SSSR count). The van der Waals surface area contributed by atoms with Crippen LogP contribution < -0.4 is 0 Å². The van der Waals surface area contributed by atoms with E-state index >= 15 is 0 Å². The topological polar surface area (TPSA) is 101 Å². The van der Waals surface area contributed by atoms with Gasteiger partial charge in [0.25, 0.3) is 0 Å². The van der Waals surface area contributed by atoms with Crippen LogP contribution in [0, 0.1) is 30.1 Å². The van der Waals surface area contributed by atoms with Gasteiger partial charge < -0.3 is 14.9 Å². The Kier molecular flexibility index (Phi) is 9.57. The molecule has 1 aliphatic rings. The van der Waals surface area contributed by atoms with Crippen molar-refractivity contribution >= 4 is 29.6 Å². The van der Waals surface area contributed by atoms with Crippen molar-refractivity contribution in [1.82, 2.24) is 0 Å². The molecule has 1 aromatic rings. The highest BCUT2D eigenvalue weighted by Crippen LogP contribution is 2.48. The predicted octanol–water partition coefficient (Wildman–Crippen LogP) is 6.35. The summed E-state index contributed by atoms with van der Waals surface area (Å²) in [6.07, 6.45) is 3.93. The molecule has 0 amide bonds. The Morgan fingerprint density at radius 1 is 1.26 bits per heavy atom.